The molecule has 0 bridgehead atoms. The van der Waals surface area contributed by atoms with Gasteiger partial charge >= 0.3 is 0 Å². The summed E-state index contributed by atoms with van der Waals surface area (Å²) in [6.45, 7) is -0.110. The topological polar surface area (TPSA) is 108 Å². The molecule has 0 fully saturated rings. The van der Waals surface area contributed by atoms with Gasteiger partial charge in [-0.15, -0.1) is 0 Å². The highest BCUT2D eigenvalue weighted by atomic mass is 16.6. The zero-order valence-electron chi connectivity index (χ0n) is 17.4. The van der Waals surface area contributed by atoms with E-state index in [2.05, 4.69) is 4.98 Å². The van der Waals surface area contributed by atoms with Gasteiger partial charge in [-0.25, -0.2) is 4.98 Å². The van der Waals surface area contributed by atoms with Crippen molar-refractivity contribution >= 4 is 0 Å². The fraction of sp³-hybridized carbons (Fsp3) is 0.160. The van der Waals surface area contributed by atoms with E-state index in [0.29, 0.717) is 22.8 Å². The van der Waals surface area contributed by atoms with Crippen LogP contribution in [-0.4, -0.2) is 45.3 Å². The highest BCUT2D eigenvalue weighted by Crippen LogP contribution is 2.40. The molecule has 4 N–H and O–H groups in total. The SMILES string of the molecule is OCCOc1ccccc1-c1nc(-c2ccccc2O)[nH]c1-c1ccccc1COCO. The van der Waals surface area contributed by atoms with Crippen LogP contribution in [0.25, 0.3) is 33.9 Å². The number of rotatable bonds is 9. The summed E-state index contributed by atoms with van der Waals surface area (Å²) in [4.78, 5) is 8.19. The first kappa shape index (κ1) is 21.6. The van der Waals surface area contributed by atoms with E-state index in [1.54, 1.807) is 18.2 Å². The van der Waals surface area contributed by atoms with Gasteiger partial charge in [-0.2, -0.15) is 0 Å². The number of ether oxygens (including phenoxy) is 2. The van der Waals surface area contributed by atoms with Crippen LogP contribution in [0.4, 0.5) is 0 Å². The minimum atomic E-state index is -0.384. The maximum atomic E-state index is 10.4. The number of nitrogens with one attached hydrogen (secondary N) is 1. The molecule has 4 rings (SSSR count). The van der Waals surface area contributed by atoms with Crippen LogP contribution >= 0.6 is 0 Å². The predicted molar refractivity (Wildman–Crippen MR) is 121 cm³/mol. The Hall–Kier alpha value is -3.65. The van der Waals surface area contributed by atoms with Gasteiger partial charge in [-0.05, 0) is 29.8 Å². The highest BCUT2D eigenvalue weighted by Gasteiger charge is 2.21. The van der Waals surface area contributed by atoms with E-state index in [-0.39, 0.29) is 32.4 Å². The Morgan fingerprint density at radius 1 is 0.812 bits per heavy atom. The molecule has 0 aliphatic carbocycles. The number of nitrogens with zero attached hydrogens (tertiary/aromatic N) is 1. The molecule has 7 heteroatoms. The van der Waals surface area contributed by atoms with Crippen molar-refractivity contribution in [2.24, 2.45) is 0 Å². The summed E-state index contributed by atoms with van der Waals surface area (Å²) in [5.74, 6) is 1.20. The number of phenols is 1. The Morgan fingerprint density at radius 2 is 1.50 bits per heavy atom. The lowest BCUT2D eigenvalue weighted by Crippen LogP contribution is -2.03. The van der Waals surface area contributed by atoms with Crippen LogP contribution in [0.1, 0.15) is 5.56 Å². The lowest BCUT2D eigenvalue weighted by atomic mass is 10.00. The van der Waals surface area contributed by atoms with Crippen LogP contribution in [0.3, 0.4) is 0 Å². The molecule has 4 aromatic rings. The van der Waals surface area contributed by atoms with Crippen molar-refractivity contribution in [3.05, 3.63) is 78.4 Å². The number of benzene rings is 3. The van der Waals surface area contributed by atoms with Crippen LogP contribution in [0.5, 0.6) is 11.5 Å². The van der Waals surface area contributed by atoms with Gasteiger partial charge in [0.15, 0.2) is 0 Å². The largest absolute Gasteiger partial charge is 0.507 e. The van der Waals surface area contributed by atoms with Crippen LogP contribution in [0.2, 0.25) is 0 Å². The molecule has 0 aliphatic heterocycles. The summed E-state index contributed by atoms with van der Waals surface area (Å²) in [7, 11) is 0. The zero-order chi connectivity index (χ0) is 22.3. The monoisotopic (exact) mass is 432 g/mol. The number of aliphatic hydroxyl groups is 2. The molecule has 0 atom stereocenters. The molecule has 3 aromatic carbocycles. The summed E-state index contributed by atoms with van der Waals surface area (Å²) in [5.41, 5.74) is 4.38. The summed E-state index contributed by atoms with van der Waals surface area (Å²) >= 11 is 0. The fourth-order valence-electron chi connectivity index (χ4n) is 3.55. The lowest BCUT2D eigenvalue weighted by molar-refractivity contribution is -0.0110. The third-order valence-electron chi connectivity index (χ3n) is 4.99. The Labute approximate surface area is 185 Å². The van der Waals surface area contributed by atoms with Gasteiger partial charge in [0.2, 0.25) is 0 Å². The van der Waals surface area contributed by atoms with Gasteiger partial charge in [0.1, 0.15) is 36.4 Å². The third kappa shape index (κ3) is 4.50. The van der Waals surface area contributed by atoms with Crippen molar-refractivity contribution in [3.8, 4) is 45.4 Å². The number of aliphatic hydroxyl groups excluding tert-OH is 2. The average molecular weight is 432 g/mol. The normalized spacial score (nSPS) is 10.9. The van der Waals surface area contributed by atoms with Crippen molar-refractivity contribution in [3.63, 3.8) is 0 Å². The Balaban J connectivity index is 1.92. The molecule has 0 saturated carbocycles. The number of hydrogen-bond acceptors (Lipinski definition) is 6. The second-order valence-corrected chi connectivity index (χ2v) is 7.03. The number of imidazole rings is 1. The van der Waals surface area contributed by atoms with Crippen molar-refractivity contribution < 1.29 is 24.8 Å². The summed E-state index contributed by atoms with van der Waals surface area (Å²) in [6.07, 6.45) is 0. The van der Waals surface area contributed by atoms with Crippen LogP contribution in [-0.2, 0) is 11.3 Å². The number of hydrogen-bond donors (Lipinski definition) is 4. The van der Waals surface area contributed by atoms with E-state index in [0.717, 1.165) is 22.4 Å². The maximum absolute atomic E-state index is 10.4. The molecule has 0 aliphatic rings. The van der Waals surface area contributed by atoms with Crippen molar-refractivity contribution in [1.82, 2.24) is 9.97 Å². The number of aromatic nitrogens is 2. The van der Waals surface area contributed by atoms with E-state index in [1.165, 1.54) is 0 Å². The molecule has 0 radical (unpaired) electrons. The quantitative estimate of drug-likeness (QED) is 0.298. The molecule has 1 heterocycles. The molecule has 0 spiro atoms. The summed E-state index contributed by atoms with van der Waals surface area (Å²) in [6, 6.07) is 22.1. The predicted octanol–water partition coefficient (Wildman–Crippen LogP) is 3.95. The number of phenolic OH excluding ortho intramolecular Hbond substituents is 1. The molecule has 0 saturated heterocycles. The molecule has 32 heavy (non-hydrogen) atoms. The third-order valence-corrected chi connectivity index (χ3v) is 4.99. The summed E-state index contributed by atoms with van der Waals surface area (Å²) < 4.78 is 11.0. The maximum Gasteiger partial charge on any atom is 0.144 e. The van der Waals surface area contributed by atoms with Gasteiger partial charge in [0.25, 0.3) is 0 Å². The molecule has 0 amide bonds. The Morgan fingerprint density at radius 3 is 2.25 bits per heavy atom. The van der Waals surface area contributed by atoms with Crippen LogP contribution in [0.15, 0.2) is 72.8 Å². The smallest absolute Gasteiger partial charge is 0.144 e. The van der Waals surface area contributed by atoms with E-state index >= 15 is 0 Å². The first-order chi connectivity index (χ1) is 15.7. The van der Waals surface area contributed by atoms with Crippen LogP contribution in [0, 0.1) is 0 Å². The number of aromatic hydroxyl groups is 1. The fourth-order valence-corrected chi connectivity index (χ4v) is 3.55. The minimum absolute atomic E-state index is 0.105. The second-order valence-electron chi connectivity index (χ2n) is 7.03. The number of H-pyrrole nitrogens is 1. The lowest BCUT2D eigenvalue weighted by Gasteiger charge is -2.12. The standard InChI is InChI=1S/C25H24N2O5/c28-13-14-32-22-12-6-4-10-20(22)24-23(18-8-2-1-7-17(18)15-31-16-29)26-25(27-24)19-9-3-5-11-21(19)30/h1-12,28-30H,13-16H2,(H,26,27). The minimum Gasteiger partial charge on any atom is -0.507 e. The molecular weight excluding hydrogens is 408 g/mol. The van der Waals surface area contributed by atoms with Gasteiger partial charge in [0.05, 0.1) is 24.5 Å². The molecule has 164 valence electrons. The van der Waals surface area contributed by atoms with Gasteiger partial charge in [-0.1, -0.05) is 48.5 Å². The molecule has 0 unspecified atom stereocenters. The van der Waals surface area contributed by atoms with Gasteiger partial charge in [-0.3, -0.25) is 0 Å². The molecular formula is C25H24N2O5. The van der Waals surface area contributed by atoms with E-state index < -0.39 is 0 Å². The average Bonchev–Trinajstić information content (AvgIpc) is 3.27. The Bertz CT molecular complexity index is 1120. The van der Waals surface area contributed by atoms with Crippen molar-refractivity contribution in [1.29, 1.82) is 0 Å². The van der Waals surface area contributed by atoms with Crippen molar-refractivity contribution in [2.45, 2.75) is 6.61 Å². The van der Waals surface area contributed by atoms with Crippen molar-refractivity contribution in [2.75, 3.05) is 20.0 Å². The second kappa shape index (κ2) is 10.1. The van der Waals surface area contributed by atoms with E-state index in [4.69, 9.17) is 19.6 Å². The van der Waals surface area contributed by atoms with E-state index in [9.17, 15) is 10.2 Å². The van der Waals surface area contributed by atoms with Crippen LogP contribution < -0.4 is 4.74 Å². The highest BCUT2D eigenvalue weighted by molar-refractivity contribution is 5.85. The Kier molecular flexibility index (Phi) is 6.81. The van der Waals surface area contributed by atoms with Gasteiger partial charge in [0, 0.05) is 11.1 Å². The molecule has 7 nitrogen and oxygen atoms in total. The first-order valence-corrected chi connectivity index (χ1v) is 10.2. The number of aromatic amines is 1. The molecule has 1 aromatic heterocycles. The first-order valence-electron chi connectivity index (χ1n) is 10.2. The van der Waals surface area contributed by atoms with Gasteiger partial charge < -0.3 is 29.8 Å². The number of para-hydroxylation sites is 2. The zero-order valence-corrected chi connectivity index (χ0v) is 17.4. The van der Waals surface area contributed by atoms with E-state index in [1.807, 2.05) is 54.6 Å². The summed E-state index contributed by atoms with van der Waals surface area (Å²) in [5, 5.41) is 28.7.